The molecule has 0 atom stereocenters. The zero-order valence-electron chi connectivity index (χ0n) is 12.9. The van der Waals surface area contributed by atoms with Gasteiger partial charge in [0.2, 0.25) is 0 Å². The van der Waals surface area contributed by atoms with Crippen LogP contribution in [-0.4, -0.2) is 23.1 Å². The van der Waals surface area contributed by atoms with Gasteiger partial charge in [0.05, 0.1) is 0 Å². The van der Waals surface area contributed by atoms with E-state index in [9.17, 15) is 0 Å². The van der Waals surface area contributed by atoms with Gasteiger partial charge in [-0.15, -0.1) is 0 Å². The van der Waals surface area contributed by atoms with Gasteiger partial charge < -0.3 is 10.3 Å². The van der Waals surface area contributed by atoms with Crippen molar-refractivity contribution < 1.29 is 0 Å². The summed E-state index contributed by atoms with van der Waals surface area (Å²) in [5.41, 5.74) is 3.77. The Labute approximate surface area is 121 Å². The van der Waals surface area contributed by atoms with E-state index in [4.69, 9.17) is 10.8 Å². The first-order chi connectivity index (χ1) is 9.63. The number of nitrogens with one attached hydrogen (secondary N) is 1. The minimum atomic E-state index is 0.302. The molecule has 1 fully saturated rings. The van der Waals surface area contributed by atoms with Crippen LogP contribution in [0.4, 0.5) is 11.6 Å². The fourth-order valence-corrected chi connectivity index (χ4v) is 2.69. The van der Waals surface area contributed by atoms with Crippen molar-refractivity contribution in [1.29, 1.82) is 0 Å². The summed E-state index contributed by atoms with van der Waals surface area (Å²) in [6, 6.07) is 0. The molecule has 1 aliphatic rings. The lowest BCUT2D eigenvalue weighted by Gasteiger charge is -2.28. The fourth-order valence-electron chi connectivity index (χ4n) is 2.69. The molecule has 0 saturated carbocycles. The Morgan fingerprint density at radius 1 is 1.05 bits per heavy atom. The maximum Gasteiger partial charge on any atom is 0.148 e. The molecule has 1 aromatic heterocycles. The fraction of sp³-hybridized carbons (Fsp3) is 0.733. The minimum absolute atomic E-state index is 0.302. The quantitative estimate of drug-likeness (QED) is 0.657. The third-order valence-corrected chi connectivity index (χ3v) is 3.95. The van der Waals surface area contributed by atoms with E-state index in [1.807, 2.05) is 6.92 Å². The maximum absolute atomic E-state index is 5.62. The summed E-state index contributed by atoms with van der Waals surface area (Å²) in [5.74, 6) is 8.58. The Morgan fingerprint density at radius 2 is 1.65 bits per heavy atom. The maximum atomic E-state index is 5.62. The summed E-state index contributed by atoms with van der Waals surface area (Å²) >= 11 is 0. The standard InChI is InChI=1S/C15H27N5/c1-11(2)13-17-14(19-16)12(3)15(18-13)20-9-7-5-4-6-8-10-20/h11H,4-10,16H2,1-3H3,(H,17,18,19). The van der Waals surface area contributed by atoms with Crippen molar-refractivity contribution in [1.82, 2.24) is 9.97 Å². The molecule has 0 bridgehead atoms. The lowest BCUT2D eigenvalue weighted by Crippen LogP contribution is -2.30. The molecule has 5 nitrogen and oxygen atoms in total. The van der Waals surface area contributed by atoms with Crippen molar-refractivity contribution in [3.63, 3.8) is 0 Å². The number of nitrogens with two attached hydrogens (primary N) is 1. The van der Waals surface area contributed by atoms with Crippen LogP contribution in [0.25, 0.3) is 0 Å². The predicted octanol–water partition coefficient (Wildman–Crippen LogP) is 2.96. The Hall–Kier alpha value is -1.36. The van der Waals surface area contributed by atoms with E-state index in [0.717, 1.165) is 36.1 Å². The molecule has 20 heavy (non-hydrogen) atoms. The van der Waals surface area contributed by atoms with Gasteiger partial charge in [0.1, 0.15) is 17.5 Å². The average molecular weight is 277 g/mol. The third-order valence-electron chi connectivity index (χ3n) is 3.95. The topological polar surface area (TPSA) is 67.1 Å². The number of aromatic nitrogens is 2. The van der Waals surface area contributed by atoms with Crippen LogP contribution in [0.15, 0.2) is 0 Å². The summed E-state index contributed by atoms with van der Waals surface area (Å²) in [5, 5.41) is 0. The lowest BCUT2D eigenvalue weighted by molar-refractivity contribution is 0.552. The van der Waals surface area contributed by atoms with Crippen LogP contribution in [-0.2, 0) is 0 Å². The van der Waals surface area contributed by atoms with Crippen molar-refractivity contribution in [3.8, 4) is 0 Å². The molecule has 1 aliphatic heterocycles. The second kappa shape index (κ2) is 6.88. The number of nitrogen functional groups attached to an aromatic ring is 1. The first-order valence-corrected chi connectivity index (χ1v) is 7.73. The van der Waals surface area contributed by atoms with Crippen LogP contribution >= 0.6 is 0 Å². The molecule has 0 radical (unpaired) electrons. The number of rotatable bonds is 3. The first-order valence-electron chi connectivity index (χ1n) is 7.73. The van der Waals surface area contributed by atoms with Gasteiger partial charge in [-0.25, -0.2) is 15.8 Å². The SMILES string of the molecule is Cc1c(NN)nc(C(C)C)nc1N1CCCCCCC1. The van der Waals surface area contributed by atoms with Gasteiger partial charge >= 0.3 is 0 Å². The van der Waals surface area contributed by atoms with Gasteiger partial charge in [0, 0.05) is 24.6 Å². The van der Waals surface area contributed by atoms with Gasteiger partial charge in [-0.3, -0.25) is 0 Å². The lowest BCUT2D eigenvalue weighted by atomic mass is 10.1. The Balaban J connectivity index is 2.34. The van der Waals surface area contributed by atoms with Gasteiger partial charge in [-0.05, 0) is 19.8 Å². The molecule has 0 amide bonds. The second-order valence-electron chi connectivity index (χ2n) is 5.93. The zero-order valence-corrected chi connectivity index (χ0v) is 12.9. The minimum Gasteiger partial charge on any atom is -0.356 e. The largest absolute Gasteiger partial charge is 0.356 e. The van der Waals surface area contributed by atoms with E-state index in [-0.39, 0.29) is 0 Å². The number of anilines is 2. The number of hydrogen-bond acceptors (Lipinski definition) is 5. The van der Waals surface area contributed by atoms with E-state index in [1.54, 1.807) is 0 Å². The Kier molecular flexibility index (Phi) is 5.17. The molecule has 3 N–H and O–H groups in total. The van der Waals surface area contributed by atoms with Crippen molar-refractivity contribution >= 4 is 11.6 Å². The van der Waals surface area contributed by atoms with E-state index < -0.39 is 0 Å². The van der Waals surface area contributed by atoms with E-state index >= 15 is 0 Å². The predicted molar refractivity (Wildman–Crippen MR) is 84.0 cm³/mol. The van der Waals surface area contributed by atoms with Crippen LogP contribution in [0.1, 0.15) is 63.3 Å². The smallest absolute Gasteiger partial charge is 0.148 e. The number of hydrogen-bond donors (Lipinski definition) is 2. The van der Waals surface area contributed by atoms with Crippen LogP contribution in [0.5, 0.6) is 0 Å². The van der Waals surface area contributed by atoms with Gasteiger partial charge in [0.15, 0.2) is 0 Å². The molecular weight excluding hydrogens is 250 g/mol. The number of hydrazine groups is 1. The molecule has 5 heteroatoms. The summed E-state index contributed by atoms with van der Waals surface area (Å²) in [4.78, 5) is 11.7. The Bertz CT molecular complexity index is 436. The van der Waals surface area contributed by atoms with Crippen LogP contribution in [0.2, 0.25) is 0 Å². The summed E-state index contributed by atoms with van der Waals surface area (Å²) in [7, 11) is 0. The number of nitrogens with zero attached hydrogens (tertiary/aromatic N) is 3. The van der Waals surface area contributed by atoms with Crippen molar-refractivity contribution in [2.45, 2.75) is 58.8 Å². The van der Waals surface area contributed by atoms with Crippen LogP contribution in [0, 0.1) is 6.92 Å². The zero-order chi connectivity index (χ0) is 14.5. The molecule has 1 saturated heterocycles. The highest BCUT2D eigenvalue weighted by Gasteiger charge is 2.18. The van der Waals surface area contributed by atoms with E-state index in [2.05, 4.69) is 29.2 Å². The molecule has 2 heterocycles. The van der Waals surface area contributed by atoms with Gasteiger partial charge in [-0.2, -0.15) is 0 Å². The molecule has 1 aromatic rings. The van der Waals surface area contributed by atoms with Crippen LogP contribution < -0.4 is 16.2 Å². The van der Waals surface area contributed by atoms with E-state index in [0.29, 0.717) is 5.92 Å². The summed E-state index contributed by atoms with van der Waals surface area (Å²) < 4.78 is 0. The average Bonchev–Trinajstić information content (AvgIpc) is 2.39. The highest BCUT2D eigenvalue weighted by Crippen LogP contribution is 2.27. The summed E-state index contributed by atoms with van der Waals surface area (Å²) in [6.45, 7) is 8.44. The van der Waals surface area contributed by atoms with Crippen molar-refractivity contribution in [2.75, 3.05) is 23.4 Å². The molecule has 0 aromatic carbocycles. The molecule has 0 spiro atoms. The summed E-state index contributed by atoms with van der Waals surface area (Å²) in [6.07, 6.45) is 6.49. The molecule has 2 rings (SSSR count). The molecular formula is C15H27N5. The normalized spacial score (nSPS) is 16.9. The first kappa shape index (κ1) is 15.0. The highest BCUT2D eigenvalue weighted by atomic mass is 15.3. The van der Waals surface area contributed by atoms with Gasteiger partial charge in [-0.1, -0.05) is 33.1 Å². The van der Waals surface area contributed by atoms with Gasteiger partial charge in [0.25, 0.3) is 0 Å². The van der Waals surface area contributed by atoms with E-state index in [1.165, 1.54) is 32.1 Å². The van der Waals surface area contributed by atoms with Crippen molar-refractivity contribution in [2.24, 2.45) is 5.84 Å². The monoisotopic (exact) mass is 277 g/mol. The molecule has 112 valence electrons. The molecule has 0 aliphatic carbocycles. The molecule has 0 unspecified atom stereocenters. The third kappa shape index (κ3) is 3.39. The second-order valence-corrected chi connectivity index (χ2v) is 5.93. The van der Waals surface area contributed by atoms with Crippen LogP contribution in [0.3, 0.4) is 0 Å². The Morgan fingerprint density at radius 3 is 2.20 bits per heavy atom. The van der Waals surface area contributed by atoms with Crippen molar-refractivity contribution in [3.05, 3.63) is 11.4 Å². The highest BCUT2D eigenvalue weighted by molar-refractivity contribution is 5.58.